The highest BCUT2D eigenvalue weighted by Gasteiger charge is 1.96. The summed E-state index contributed by atoms with van der Waals surface area (Å²) in [6, 6.07) is 16.0. The molecule has 2 rings (SSSR count). The summed E-state index contributed by atoms with van der Waals surface area (Å²) in [5, 5.41) is 3.08. The molecule has 2 aromatic rings. The van der Waals surface area contributed by atoms with Crippen molar-refractivity contribution in [3.8, 4) is 5.75 Å². The number of guanidine groups is 1. The lowest BCUT2D eigenvalue weighted by atomic mass is 10.1. The van der Waals surface area contributed by atoms with E-state index >= 15 is 0 Å². The summed E-state index contributed by atoms with van der Waals surface area (Å²) in [5.74, 6) is 1.30. The summed E-state index contributed by atoms with van der Waals surface area (Å²) in [4.78, 5) is 4.33. The first-order valence-corrected chi connectivity index (χ1v) is 6.94. The lowest BCUT2D eigenvalue weighted by molar-refractivity contribution is 0.414. The van der Waals surface area contributed by atoms with E-state index in [-0.39, 0.29) is 24.0 Å². The number of hydrogen-bond acceptors (Lipinski definition) is 2. The predicted octanol–water partition coefficient (Wildman–Crippen LogP) is 3.59. The van der Waals surface area contributed by atoms with Crippen LogP contribution in [0.15, 0.2) is 53.5 Å². The molecule has 0 heterocycles. The van der Waals surface area contributed by atoms with Gasteiger partial charge in [-0.2, -0.15) is 0 Å². The third kappa shape index (κ3) is 5.93. The average molecular weight is 411 g/mol. The molecule has 0 atom stereocenters. The molecule has 3 N–H and O–H groups in total. The standard InChI is InChI=1S/C17H21N3O.HI/c1-13-3-7-15(8-4-13)20-17(18)19-12-11-14-5-9-16(21-2)10-6-14;/h3-10H,11-12H2,1-2H3,(H3,18,19,20);1H. The molecule has 0 saturated carbocycles. The van der Waals surface area contributed by atoms with Gasteiger partial charge in [-0.05, 0) is 43.2 Å². The van der Waals surface area contributed by atoms with E-state index in [0.29, 0.717) is 12.5 Å². The molecular weight excluding hydrogens is 389 g/mol. The number of methoxy groups -OCH3 is 1. The maximum atomic E-state index is 5.87. The molecule has 0 aliphatic carbocycles. The number of hydrogen-bond donors (Lipinski definition) is 2. The smallest absolute Gasteiger partial charge is 0.193 e. The molecular formula is C17H22IN3O. The first-order valence-electron chi connectivity index (χ1n) is 6.94. The molecule has 0 unspecified atom stereocenters. The zero-order valence-corrected chi connectivity index (χ0v) is 15.2. The second-order valence-electron chi connectivity index (χ2n) is 4.86. The molecule has 118 valence electrons. The van der Waals surface area contributed by atoms with Crippen LogP contribution in [-0.4, -0.2) is 19.6 Å². The Kier molecular flexibility index (Phi) is 7.73. The van der Waals surface area contributed by atoms with Crippen LogP contribution in [0.1, 0.15) is 11.1 Å². The molecule has 22 heavy (non-hydrogen) atoms. The van der Waals surface area contributed by atoms with E-state index in [1.54, 1.807) is 7.11 Å². The Labute approximate surface area is 148 Å². The Morgan fingerprint density at radius 2 is 1.73 bits per heavy atom. The van der Waals surface area contributed by atoms with E-state index < -0.39 is 0 Å². The van der Waals surface area contributed by atoms with Gasteiger partial charge in [0.1, 0.15) is 5.75 Å². The van der Waals surface area contributed by atoms with Crippen molar-refractivity contribution in [2.45, 2.75) is 13.3 Å². The molecule has 0 aliphatic heterocycles. The van der Waals surface area contributed by atoms with Crippen LogP contribution in [0.25, 0.3) is 0 Å². The number of benzene rings is 2. The van der Waals surface area contributed by atoms with Gasteiger partial charge in [-0.3, -0.25) is 4.99 Å². The molecule has 0 aliphatic rings. The highest BCUT2D eigenvalue weighted by Crippen LogP contribution is 2.12. The minimum Gasteiger partial charge on any atom is -0.497 e. The predicted molar refractivity (Wildman–Crippen MR) is 103 cm³/mol. The van der Waals surface area contributed by atoms with Crippen LogP contribution in [0, 0.1) is 6.92 Å². The SMILES string of the molecule is COc1ccc(CCN=C(N)Nc2ccc(C)cc2)cc1.I. The van der Waals surface area contributed by atoms with E-state index in [1.165, 1.54) is 11.1 Å². The number of rotatable bonds is 5. The molecule has 0 spiro atoms. The molecule has 0 saturated heterocycles. The van der Waals surface area contributed by atoms with Crippen molar-refractivity contribution in [2.75, 3.05) is 19.0 Å². The van der Waals surface area contributed by atoms with E-state index in [2.05, 4.69) is 17.2 Å². The van der Waals surface area contributed by atoms with Gasteiger partial charge >= 0.3 is 0 Å². The van der Waals surface area contributed by atoms with Crippen molar-refractivity contribution >= 4 is 35.6 Å². The van der Waals surface area contributed by atoms with Crippen molar-refractivity contribution in [1.82, 2.24) is 0 Å². The minimum absolute atomic E-state index is 0. The van der Waals surface area contributed by atoms with Gasteiger partial charge < -0.3 is 15.8 Å². The first-order chi connectivity index (χ1) is 10.2. The molecule has 0 fully saturated rings. The van der Waals surface area contributed by atoms with E-state index in [1.807, 2.05) is 48.5 Å². The Morgan fingerprint density at radius 1 is 1.09 bits per heavy atom. The molecule has 2 aromatic carbocycles. The topological polar surface area (TPSA) is 59.6 Å². The largest absolute Gasteiger partial charge is 0.497 e. The van der Waals surface area contributed by atoms with Crippen molar-refractivity contribution in [3.05, 3.63) is 59.7 Å². The second-order valence-corrected chi connectivity index (χ2v) is 4.86. The summed E-state index contributed by atoms with van der Waals surface area (Å²) in [5.41, 5.74) is 9.25. The van der Waals surface area contributed by atoms with Crippen LogP contribution >= 0.6 is 24.0 Å². The van der Waals surface area contributed by atoms with Crippen molar-refractivity contribution in [3.63, 3.8) is 0 Å². The zero-order chi connectivity index (χ0) is 15.1. The maximum absolute atomic E-state index is 5.87. The molecule has 0 amide bonds. The average Bonchev–Trinajstić information content (AvgIpc) is 2.50. The third-order valence-electron chi connectivity index (χ3n) is 3.17. The Hall–Kier alpha value is -1.76. The highest BCUT2D eigenvalue weighted by atomic mass is 127. The fourth-order valence-electron chi connectivity index (χ4n) is 1.92. The number of aliphatic imine (C=N–C) groups is 1. The van der Waals surface area contributed by atoms with Crippen molar-refractivity contribution in [1.29, 1.82) is 0 Å². The molecule has 0 aromatic heterocycles. The Morgan fingerprint density at radius 3 is 2.32 bits per heavy atom. The number of nitrogens with one attached hydrogen (secondary N) is 1. The molecule has 4 nitrogen and oxygen atoms in total. The summed E-state index contributed by atoms with van der Waals surface area (Å²) < 4.78 is 5.13. The first kappa shape index (κ1) is 18.3. The second kappa shape index (κ2) is 9.30. The van der Waals surface area contributed by atoms with Crippen LogP contribution in [0.2, 0.25) is 0 Å². The van der Waals surface area contributed by atoms with Gasteiger partial charge in [0.2, 0.25) is 0 Å². The molecule has 0 radical (unpaired) electrons. The number of anilines is 1. The fourth-order valence-corrected chi connectivity index (χ4v) is 1.92. The van der Waals surface area contributed by atoms with Gasteiger partial charge in [0.25, 0.3) is 0 Å². The van der Waals surface area contributed by atoms with Gasteiger partial charge in [0.15, 0.2) is 5.96 Å². The summed E-state index contributed by atoms with van der Waals surface area (Å²) in [6.07, 6.45) is 0.847. The van der Waals surface area contributed by atoms with Crippen LogP contribution in [0.4, 0.5) is 5.69 Å². The van der Waals surface area contributed by atoms with Crippen LogP contribution in [-0.2, 0) is 6.42 Å². The molecule has 0 bridgehead atoms. The third-order valence-corrected chi connectivity index (χ3v) is 3.17. The lowest BCUT2D eigenvalue weighted by Gasteiger charge is -2.06. The maximum Gasteiger partial charge on any atom is 0.193 e. The van der Waals surface area contributed by atoms with Gasteiger partial charge in [-0.15, -0.1) is 24.0 Å². The van der Waals surface area contributed by atoms with Gasteiger partial charge in [-0.1, -0.05) is 29.8 Å². The number of nitrogens with two attached hydrogens (primary N) is 1. The normalized spacial score (nSPS) is 10.7. The summed E-state index contributed by atoms with van der Waals surface area (Å²) in [6.45, 7) is 2.70. The zero-order valence-electron chi connectivity index (χ0n) is 12.9. The van der Waals surface area contributed by atoms with E-state index in [4.69, 9.17) is 10.5 Å². The number of ether oxygens (including phenoxy) is 1. The minimum atomic E-state index is 0. The van der Waals surface area contributed by atoms with E-state index in [0.717, 1.165) is 17.9 Å². The lowest BCUT2D eigenvalue weighted by Crippen LogP contribution is -2.23. The van der Waals surface area contributed by atoms with Crippen molar-refractivity contribution in [2.24, 2.45) is 10.7 Å². The summed E-state index contributed by atoms with van der Waals surface area (Å²) in [7, 11) is 1.66. The number of halogens is 1. The Bertz CT molecular complexity index is 594. The van der Waals surface area contributed by atoms with Crippen molar-refractivity contribution < 1.29 is 4.74 Å². The highest BCUT2D eigenvalue weighted by molar-refractivity contribution is 14.0. The van der Waals surface area contributed by atoms with Crippen LogP contribution in [0.5, 0.6) is 5.75 Å². The molecule has 5 heteroatoms. The monoisotopic (exact) mass is 411 g/mol. The van der Waals surface area contributed by atoms with Gasteiger partial charge in [0, 0.05) is 12.2 Å². The number of aryl methyl sites for hydroxylation is 1. The van der Waals surface area contributed by atoms with Crippen LogP contribution in [0.3, 0.4) is 0 Å². The van der Waals surface area contributed by atoms with E-state index in [9.17, 15) is 0 Å². The van der Waals surface area contributed by atoms with Gasteiger partial charge in [-0.25, -0.2) is 0 Å². The summed E-state index contributed by atoms with van der Waals surface area (Å²) >= 11 is 0. The fraction of sp³-hybridized carbons (Fsp3) is 0.235. The van der Waals surface area contributed by atoms with Gasteiger partial charge in [0.05, 0.1) is 7.11 Å². The van der Waals surface area contributed by atoms with Crippen LogP contribution < -0.4 is 15.8 Å². The number of nitrogens with zero attached hydrogens (tertiary/aromatic N) is 1. The Balaban J connectivity index is 0.00000242. The quantitative estimate of drug-likeness (QED) is 0.449.